The van der Waals surface area contributed by atoms with Crippen LogP contribution in [-0.2, 0) is 14.9 Å². The summed E-state index contributed by atoms with van der Waals surface area (Å²) in [6.07, 6.45) is 0. The highest BCUT2D eigenvalue weighted by molar-refractivity contribution is 5.82. The largest absolute Gasteiger partial charge is 0.465 e. The number of aromatic nitrogens is 4. The predicted molar refractivity (Wildman–Crippen MR) is 67.0 cm³/mol. The van der Waals surface area contributed by atoms with E-state index in [0.29, 0.717) is 0 Å². The minimum absolute atomic E-state index is 0.112. The first kappa shape index (κ1) is 13.1. The number of aromatic amines is 3. The fourth-order valence-corrected chi connectivity index (χ4v) is 1.64. The highest BCUT2D eigenvalue weighted by Gasteiger charge is 2.35. The van der Waals surface area contributed by atoms with E-state index in [1.54, 1.807) is 20.8 Å². The zero-order chi connectivity index (χ0) is 14.2. The van der Waals surface area contributed by atoms with Crippen LogP contribution in [0.5, 0.6) is 0 Å². The minimum Gasteiger partial charge on any atom is -0.465 e. The van der Waals surface area contributed by atoms with Crippen LogP contribution < -0.4 is 11.2 Å². The summed E-state index contributed by atoms with van der Waals surface area (Å²) in [6.45, 7) is 5.19. The van der Waals surface area contributed by atoms with Gasteiger partial charge in [0.1, 0.15) is 16.8 Å². The highest BCUT2D eigenvalue weighted by atomic mass is 16.5. The van der Waals surface area contributed by atoms with Gasteiger partial charge in [-0.3, -0.25) is 19.6 Å². The van der Waals surface area contributed by atoms with Crippen molar-refractivity contribution in [2.24, 2.45) is 0 Å². The fraction of sp³-hybridized carbons (Fsp3) is 0.455. The second-order valence-electron chi connectivity index (χ2n) is 4.56. The molecule has 0 bridgehead atoms. The maximum atomic E-state index is 11.9. The molecule has 2 rings (SSSR count). The number of rotatable bonds is 3. The van der Waals surface area contributed by atoms with E-state index in [-0.39, 0.29) is 23.6 Å². The summed E-state index contributed by atoms with van der Waals surface area (Å²) in [5.74, 6) is -0.207. The third-order valence-corrected chi connectivity index (χ3v) is 2.77. The Balaban J connectivity index is 2.58. The number of nitrogens with zero attached hydrogens (tertiary/aromatic N) is 1. The van der Waals surface area contributed by atoms with Crippen LogP contribution in [0.2, 0.25) is 0 Å². The average Bonchev–Trinajstić information content (AvgIpc) is 2.73. The van der Waals surface area contributed by atoms with Gasteiger partial charge in [0, 0.05) is 0 Å². The second kappa shape index (κ2) is 4.38. The van der Waals surface area contributed by atoms with Crippen LogP contribution >= 0.6 is 0 Å². The van der Waals surface area contributed by atoms with Crippen LogP contribution in [0, 0.1) is 0 Å². The first-order valence-electron chi connectivity index (χ1n) is 5.76. The summed E-state index contributed by atoms with van der Waals surface area (Å²) in [5, 5.41) is 0. The van der Waals surface area contributed by atoms with E-state index >= 15 is 0 Å². The molecule has 0 saturated heterocycles. The van der Waals surface area contributed by atoms with Gasteiger partial charge in [-0.2, -0.15) is 0 Å². The lowest BCUT2D eigenvalue weighted by atomic mass is 9.93. The molecular formula is C11H14N4O4. The van der Waals surface area contributed by atoms with Gasteiger partial charge >= 0.3 is 11.7 Å². The third-order valence-electron chi connectivity index (χ3n) is 2.77. The van der Waals surface area contributed by atoms with E-state index in [9.17, 15) is 14.4 Å². The molecule has 19 heavy (non-hydrogen) atoms. The van der Waals surface area contributed by atoms with Crippen LogP contribution in [0.4, 0.5) is 0 Å². The van der Waals surface area contributed by atoms with Crippen molar-refractivity contribution >= 4 is 17.1 Å². The van der Waals surface area contributed by atoms with E-state index in [0.717, 1.165) is 0 Å². The molecule has 0 atom stereocenters. The van der Waals surface area contributed by atoms with Crippen molar-refractivity contribution < 1.29 is 9.53 Å². The molecule has 0 fully saturated rings. The van der Waals surface area contributed by atoms with Gasteiger partial charge in [0.2, 0.25) is 0 Å². The summed E-state index contributed by atoms with van der Waals surface area (Å²) in [7, 11) is 0. The molecule has 2 heterocycles. The van der Waals surface area contributed by atoms with E-state index in [2.05, 4.69) is 19.9 Å². The van der Waals surface area contributed by atoms with Crippen LogP contribution in [0.1, 0.15) is 26.6 Å². The highest BCUT2D eigenvalue weighted by Crippen LogP contribution is 2.22. The molecule has 0 aliphatic carbocycles. The molecule has 8 heteroatoms. The molecule has 102 valence electrons. The zero-order valence-electron chi connectivity index (χ0n) is 10.8. The molecule has 0 aliphatic heterocycles. The number of nitrogens with one attached hydrogen (secondary N) is 3. The van der Waals surface area contributed by atoms with E-state index in [4.69, 9.17) is 4.74 Å². The molecule has 0 aliphatic rings. The Labute approximate surface area is 107 Å². The van der Waals surface area contributed by atoms with Crippen molar-refractivity contribution in [2.75, 3.05) is 6.61 Å². The van der Waals surface area contributed by atoms with Gasteiger partial charge in [0.15, 0.2) is 5.65 Å². The molecule has 2 aromatic heterocycles. The Hall–Kier alpha value is -2.38. The quantitative estimate of drug-likeness (QED) is 0.663. The summed E-state index contributed by atoms with van der Waals surface area (Å²) >= 11 is 0. The molecule has 0 unspecified atom stereocenters. The van der Waals surface area contributed by atoms with Gasteiger partial charge in [-0.1, -0.05) is 0 Å². The van der Waals surface area contributed by atoms with Crippen molar-refractivity contribution in [1.29, 1.82) is 0 Å². The van der Waals surface area contributed by atoms with E-state index in [1.165, 1.54) is 0 Å². The Kier molecular flexibility index (Phi) is 3.01. The second-order valence-corrected chi connectivity index (χ2v) is 4.56. The van der Waals surface area contributed by atoms with Crippen molar-refractivity contribution in [2.45, 2.75) is 26.2 Å². The number of hydrogen-bond donors (Lipinski definition) is 3. The van der Waals surface area contributed by atoms with Gasteiger partial charge in [0.05, 0.1) is 6.61 Å². The van der Waals surface area contributed by atoms with Gasteiger partial charge < -0.3 is 9.72 Å². The van der Waals surface area contributed by atoms with Gasteiger partial charge in [-0.15, -0.1) is 0 Å². The number of fused-ring (bicyclic) bond motifs is 1. The fourth-order valence-electron chi connectivity index (χ4n) is 1.64. The lowest BCUT2D eigenvalue weighted by Crippen LogP contribution is -2.32. The summed E-state index contributed by atoms with van der Waals surface area (Å²) in [5.41, 5.74) is -2.05. The Bertz CT molecular complexity index is 737. The zero-order valence-corrected chi connectivity index (χ0v) is 10.8. The number of carbonyl (C=O) groups excluding carboxylic acids is 1. The molecule has 8 nitrogen and oxygen atoms in total. The number of carbonyl (C=O) groups is 1. The Morgan fingerprint density at radius 2 is 1.95 bits per heavy atom. The first-order valence-corrected chi connectivity index (χ1v) is 5.76. The maximum Gasteiger partial charge on any atom is 0.327 e. The molecular weight excluding hydrogens is 252 g/mol. The maximum absolute atomic E-state index is 11.9. The Morgan fingerprint density at radius 3 is 2.58 bits per heavy atom. The van der Waals surface area contributed by atoms with E-state index < -0.39 is 22.6 Å². The summed E-state index contributed by atoms with van der Waals surface area (Å²) in [6, 6.07) is 0. The normalized spacial score (nSPS) is 11.7. The Morgan fingerprint density at radius 1 is 1.26 bits per heavy atom. The average molecular weight is 266 g/mol. The SMILES string of the molecule is CCOC(=O)C(C)(C)c1nc2[nH]c(=O)[nH]c(=O)c2[nH]1. The van der Waals surface area contributed by atoms with Crippen molar-refractivity contribution in [3.63, 3.8) is 0 Å². The number of H-pyrrole nitrogens is 3. The van der Waals surface area contributed by atoms with Gasteiger partial charge in [-0.25, -0.2) is 9.78 Å². The van der Waals surface area contributed by atoms with Gasteiger partial charge in [-0.05, 0) is 20.8 Å². The molecule has 0 amide bonds. The van der Waals surface area contributed by atoms with Crippen LogP contribution in [0.3, 0.4) is 0 Å². The number of imidazole rings is 1. The third kappa shape index (κ3) is 2.16. The van der Waals surface area contributed by atoms with Crippen LogP contribution in [-0.4, -0.2) is 32.5 Å². The van der Waals surface area contributed by atoms with Crippen LogP contribution in [0.15, 0.2) is 9.59 Å². The van der Waals surface area contributed by atoms with Crippen LogP contribution in [0.25, 0.3) is 11.2 Å². The van der Waals surface area contributed by atoms with Crippen molar-refractivity contribution in [1.82, 2.24) is 19.9 Å². The first-order chi connectivity index (χ1) is 8.86. The predicted octanol–water partition coefficient (Wildman–Crippen LogP) is -0.220. The molecule has 0 spiro atoms. The number of hydrogen-bond acceptors (Lipinski definition) is 5. The summed E-state index contributed by atoms with van der Waals surface area (Å²) in [4.78, 5) is 45.9. The number of esters is 1. The molecule has 2 aromatic rings. The monoisotopic (exact) mass is 266 g/mol. The minimum atomic E-state index is -1.04. The lowest BCUT2D eigenvalue weighted by molar-refractivity contribution is -0.149. The van der Waals surface area contributed by atoms with Crippen molar-refractivity contribution in [3.05, 3.63) is 26.7 Å². The standard InChI is InChI=1S/C11H14N4O4/c1-4-19-9(17)11(2,3)8-12-5-6(13-8)14-10(18)15-7(5)16/h4H2,1-3H3,(H3,12,13,14,15,16,18). The molecule has 0 radical (unpaired) electrons. The van der Waals surface area contributed by atoms with E-state index in [1.807, 2.05) is 0 Å². The smallest absolute Gasteiger partial charge is 0.327 e. The topological polar surface area (TPSA) is 121 Å². The van der Waals surface area contributed by atoms with Crippen molar-refractivity contribution in [3.8, 4) is 0 Å². The number of ether oxygens (including phenoxy) is 1. The summed E-state index contributed by atoms with van der Waals surface area (Å²) < 4.78 is 4.95. The molecule has 3 N–H and O–H groups in total. The molecule has 0 saturated carbocycles. The lowest BCUT2D eigenvalue weighted by Gasteiger charge is -2.19. The molecule has 0 aromatic carbocycles. The van der Waals surface area contributed by atoms with Gasteiger partial charge in [0.25, 0.3) is 5.56 Å².